The quantitative estimate of drug-likeness (QED) is 0.906. The molecular formula is C17H27N5O2. The minimum absolute atomic E-state index is 0.119. The summed E-state index contributed by atoms with van der Waals surface area (Å²) in [7, 11) is 0. The van der Waals surface area contributed by atoms with Gasteiger partial charge in [-0.25, -0.2) is 4.79 Å². The van der Waals surface area contributed by atoms with E-state index in [9.17, 15) is 9.59 Å². The van der Waals surface area contributed by atoms with Crippen LogP contribution in [0.4, 0.5) is 4.79 Å². The van der Waals surface area contributed by atoms with Gasteiger partial charge < -0.3 is 15.5 Å². The second-order valence-electron chi connectivity index (χ2n) is 7.04. The smallest absolute Gasteiger partial charge is 0.314 e. The first kappa shape index (κ1) is 16.8. The Balaban J connectivity index is 1.67. The highest BCUT2D eigenvalue weighted by Gasteiger charge is 2.34. The number of urea groups is 1. The van der Waals surface area contributed by atoms with E-state index >= 15 is 0 Å². The van der Waals surface area contributed by atoms with Crippen LogP contribution in [0.5, 0.6) is 0 Å². The van der Waals surface area contributed by atoms with Crippen LogP contribution in [0, 0.1) is 12.8 Å². The van der Waals surface area contributed by atoms with Crippen LogP contribution in [0.1, 0.15) is 37.7 Å². The van der Waals surface area contributed by atoms with E-state index in [1.165, 1.54) is 0 Å². The van der Waals surface area contributed by atoms with Gasteiger partial charge in [-0.05, 0) is 44.6 Å². The lowest BCUT2D eigenvalue weighted by atomic mass is 9.93. The zero-order chi connectivity index (χ0) is 17.1. The Morgan fingerprint density at radius 1 is 1.25 bits per heavy atom. The van der Waals surface area contributed by atoms with E-state index in [2.05, 4.69) is 5.10 Å². The molecule has 2 saturated heterocycles. The van der Waals surface area contributed by atoms with Gasteiger partial charge in [0.15, 0.2) is 0 Å². The molecule has 2 aliphatic heterocycles. The third kappa shape index (κ3) is 3.71. The summed E-state index contributed by atoms with van der Waals surface area (Å²) in [6.07, 6.45) is 8.76. The molecule has 7 nitrogen and oxygen atoms in total. The Kier molecular flexibility index (Phi) is 5.06. The van der Waals surface area contributed by atoms with Crippen LogP contribution in [0.15, 0.2) is 12.4 Å². The van der Waals surface area contributed by atoms with Crippen molar-refractivity contribution in [1.29, 1.82) is 0 Å². The first-order valence-corrected chi connectivity index (χ1v) is 8.88. The third-order valence-corrected chi connectivity index (χ3v) is 5.15. The molecule has 0 bridgehead atoms. The predicted molar refractivity (Wildman–Crippen MR) is 90.2 cm³/mol. The van der Waals surface area contributed by atoms with Crippen LogP contribution >= 0.6 is 0 Å². The van der Waals surface area contributed by atoms with Crippen molar-refractivity contribution >= 4 is 11.9 Å². The van der Waals surface area contributed by atoms with Crippen molar-refractivity contribution in [2.24, 2.45) is 11.7 Å². The molecule has 0 radical (unpaired) electrons. The minimum atomic E-state index is -0.422. The van der Waals surface area contributed by atoms with Gasteiger partial charge in [0.1, 0.15) is 0 Å². The molecule has 132 valence electrons. The summed E-state index contributed by atoms with van der Waals surface area (Å²) in [4.78, 5) is 28.1. The van der Waals surface area contributed by atoms with E-state index in [4.69, 9.17) is 5.73 Å². The molecule has 0 unspecified atom stereocenters. The van der Waals surface area contributed by atoms with Crippen molar-refractivity contribution < 1.29 is 9.59 Å². The number of primary amides is 1. The number of aryl methyl sites for hydroxylation is 1. The highest BCUT2D eigenvalue weighted by atomic mass is 16.2. The van der Waals surface area contributed by atoms with Crippen molar-refractivity contribution in [3.63, 3.8) is 0 Å². The Hall–Kier alpha value is -2.05. The first-order chi connectivity index (χ1) is 11.5. The van der Waals surface area contributed by atoms with Gasteiger partial charge in [-0.2, -0.15) is 5.10 Å². The Morgan fingerprint density at radius 3 is 2.79 bits per heavy atom. The standard InChI is InChI=1S/C17H27N5O2/c1-13-9-19-21(10-13)12-15-6-2-3-8-22(15)16(23)14-5-4-7-20(11-14)17(18)24/h9-10,14-15H,2-8,11-12H2,1H3,(H2,18,24)/t14-,15+/m1/s1. The lowest BCUT2D eigenvalue weighted by molar-refractivity contribution is -0.141. The van der Waals surface area contributed by atoms with Crippen molar-refractivity contribution in [1.82, 2.24) is 19.6 Å². The van der Waals surface area contributed by atoms with Gasteiger partial charge in [-0.15, -0.1) is 0 Å². The fourth-order valence-corrected chi connectivity index (χ4v) is 3.88. The SMILES string of the molecule is Cc1cnn(C[C@@H]2CCCCN2C(=O)[C@@H]2CCCN(C(N)=O)C2)c1. The van der Waals surface area contributed by atoms with Gasteiger partial charge in [0.25, 0.3) is 0 Å². The van der Waals surface area contributed by atoms with Crippen molar-refractivity contribution in [2.45, 2.75) is 51.6 Å². The number of piperidine rings is 2. The Morgan fingerprint density at radius 2 is 2.08 bits per heavy atom. The third-order valence-electron chi connectivity index (χ3n) is 5.15. The van der Waals surface area contributed by atoms with Crippen LogP contribution in [0.2, 0.25) is 0 Å². The van der Waals surface area contributed by atoms with Crippen LogP contribution in [-0.2, 0) is 11.3 Å². The molecule has 0 aromatic carbocycles. The molecule has 0 aliphatic carbocycles. The maximum Gasteiger partial charge on any atom is 0.314 e. The summed E-state index contributed by atoms with van der Waals surface area (Å²) in [5.41, 5.74) is 6.52. The summed E-state index contributed by atoms with van der Waals surface area (Å²) in [6.45, 7) is 4.68. The number of carbonyl (C=O) groups excluding carboxylic acids is 2. The summed E-state index contributed by atoms with van der Waals surface area (Å²) < 4.78 is 1.93. The summed E-state index contributed by atoms with van der Waals surface area (Å²) in [5.74, 6) is 0.0562. The summed E-state index contributed by atoms with van der Waals surface area (Å²) in [5, 5.41) is 4.36. The number of nitrogens with zero attached hydrogens (tertiary/aromatic N) is 4. The number of hydrogen-bond acceptors (Lipinski definition) is 3. The Labute approximate surface area is 142 Å². The Bertz CT molecular complexity index is 600. The highest BCUT2D eigenvalue weighted by molar-refractivity contribution is 5.81. The molecule has 2 atom stereocenters. The molecule has 3 rings (SSSR count). The van der Waals surface area contributed by atoms with Crippen LogP contribution < -0.4 is 5.73 Å². The molecule has 3 heterocycles. The molecular weight excluding hydrogens is 306 g/mol. The van der Waals surface area contributed by atoms with E-state index < -0.39 is 6.03 Å². The highest BCUT2D eigenvalue weighted by Crippen LogP contribution is 2.25. The van der Waals surface area contributed by atoms with E-state index in [1.807, 2.05) is 28.9 Å². The molecule has 1 aromatic heterocycles. The van der Waals surface area contributed by atoms with Gasteiger partial charge in [0.2, 0.25) is 5.91 Å². The lowest BCUT2D eigenvalue weighted by Crippen LogP contribution is -2.52. The van der Waals surface area contributed by atoms with Gasteiger partial charge in [0.05, 0.1) is 24.7 Å². The number of aromatic nitrogens is 2. The molecule has 2 N–H and O–H groups in total. The van der Waals surface area contributed by atoms with Crippen molar-refractivity contribution in [3.05, 3.63) is 18.0 Å². The molecule has 3 amide bonds. The number of hydrogen-bond donors (Lipinski definition) is 1. The number of rotatable bonds is 3. The molecule has 2 aliphatic rings. The molecule has 0 spiro atoms. The predicted octanol–water partition coefficient (Wildman–Crippen LogP) is 1.36. The van der Waals surface area contributed by atoms with Crippen LogP contribution in [0.3, 0.4) is 0 Å². The van der Waals surface area contributed by atoms with Crippen molar-refractivity contribution in [3.8, 4) is 0 Å². The van der Waals surface area contributed by atoms with Gasteiger partial charge >= 0.3 is 6.03 Å². The monoisotopic (exact) mass is 333 g/mol. The summed E-state index contributed by atoms with van der Waals surface area (Å²) >= 11 is 0. The fraction of sp³-hybridized carbons (Fsp3) is 0.706. The molecule has 7 heteroatoms. The minimum Gasteiger partial charge on any atom is -0.351 e. The van der Waals surface area contributed by atoms with E-state index in [1.54, 1.807) is 4.90 Å². The number of likely N-dealkylation sites (tertiary alicyclic amines) is 2. The number of amides is 3. The second-order valence-corrected chi connectivity index (χ2v) is 7.04. The second kappa shape index (κ2) is 7.23. The maximum absolute atomic E-state index is 13.0. The number of carbonyl (C=O) groups is 2. The van der Waals surface area contributed by atoms with Crippen LogP contribution in [0.25, 0.3) is 0 Å². The van der Waals surface area contributed by atoms with E-state index in [0.29, 0.717) is 13.1 Å². The summed E-state index contributed by atoms with van der Waals surface area (Å²) in [6, 6.07) is -0.232. The molecule has 0 saturated carbocycles. The van der Waals surface area contributed by atoms with Gasteiger partial charge in [-0.3, -0.25) is 9.48 Å². The van der Waals surface area contributed by atoms with E-state index in [-0.39, 0.29) is 17.9 Å². The fourth-order valence-electron chi connectivity index (χ4n) is 3.88. The molecule has 2 fully saturated rings. The largest absolute Gasteiger partial charge is 0.351 e. The average molecular weight is 333 g/mol. The topological polar surface area (TPSA) is 84.5 Å². The average Bonchev–Trinajstić information content (AvgIpc) is 3.00. The zero-order valence-electron chi connectivity index (χ0n) is 14.4. The van der Waals surface area contributed by atoms with Gasteiger partial charge in [0, 0.05) is 25.8 Å². The normalized spacial score (nSPS) is 24.9. The maximum atomic E-state index is 13.0. The van der Waals surface area contributed by atoms with Gasteiger partial charge in [-0.1, -0.05) is 0 Å². The molecule has 24 heavy (non-hydrogen) atoms. The van der Waals surface area contributed by atoms with Crippen molar-refractivity contribution in [2.75, 3.05) is 19.6 Å². The molecule has 1 aromatic rings. The first-order valence-electron chi connectivity index (χ1n) is 8.88. The lowest BCUT2D eigenvalue weighted by Gasteiger charge is -2.40. The van der Waals surface area contributed by atoms with Crippen LogP contribution in [-0.4, -0.2) is 57.2 Å². The number of nitrogens with two attached hydrogens (primary N) is 1. The van der Waals surface area contributed by atoms with E-state index in [0.717, 1.165) is 50.8 Å². The zero-order valence-corrected chi connectivity index (χ0v) is 14.4.